The molecule has 0 spiro atoms. The summed E-state index contributed by atoms with van der Waals surface area (Å²) in [6.45, 7) is 3.89. The van der Waals surface area contributed by atoms with Gasteiger partial charge in [-0.1, -0.05) is 42.2 Å². The number of amides is 1. The molecule has 1 aromatic carbocycles. The molecule has 2 heterocycles. The molecule has 0 fully saturated rings. The molecule has 2 aromatic heterocycles. The van der Waals surface area contributed by atoms with Crippen molar-refractivity contribution in [1.29, 1.82) is 0 Å². The van der Waals surface area contributed by atoms with Crippen LogP contribution in [0.5, 0.6) is 0 Å². The number of anilines is 1. The monoisotopic (exact) mass is 391 g/mol. The van der Waals surface area contributed by atoms with Gasteiger partial charge in [-0.2, -0.15) is 0 Å². The molecule has 0 aliphatic rings. The Hall–Kier alpha value is -2.46. The number of H-pyrrole nitrogens is 1. The molecule has 0 aliphatic carbocycles. The highest BCUT2D eigenvalue weighted by Crippen LogP contribution is 2.27. The molecule has 136 valence electrons. The number of esters is 1. The van der Waals surface area contributed by atoms with Gasteiger partial charge in [0, 0.05) is 0 Å². The third kappa shape index (κ3) is 4.20. The molecule has 1 unspecified atom stereocenters. The molecule has 0 saturated heterocycles. The number of fused-ring (bicyclic) bond motifs is 1. The first-order valence-corrected chi connectivity index (χ1v) is 9.73. The Labute approximate surface area is 157 Å². The van der Waals surface area contributed by atoms with Crippen LogP contribution in [0.1, 0.15) is 30.1 Å². The summed E-state index contributed by atoms with van der Waals surface area (Å²) in [5.74, 6) is -0.765. The lowest BCUT2D eigenvalue weighted by molar-refractivity contribution is -0.115. The van der Waals surface area contributed by atoms with E-state index in [1.54, 1.807) is 6.92 Å². The smallest absolute Gasteiger partial charge is 0.369 e. The summed E-state index contributed by atoms with van der Waals surface area (Å²) >= 11 is 2.34. The van der Waals surface area contributed by atoms with Crippen LogP contribution in [0.4, 0.5) is 5.13 Å². The minimum Gasteiger partial charge on any atom is -0.461 e. The first kappa shape index (κ1) is 18.3. The highest BCUT2D eigenvalue weighted by molar-refractivity contribution is 8.00. The van der Waals surface area contributed by atoms with E-state index in [0.29, 0.717) is 11.6 Å². The zero-order valence-corrected chi connectivity index (χ0v) is 15.8. The van der Waals surface area contributed by atoms with Crippen molar-refractivity contribution >= 4 is 51.1 Å². The van der Waals surface area contributed by atoms with Gasteiger partial charge in [0.25, 0.3) is 0 Å². The number of ether oxygens (including phenoxy) is 1. The number of benzene rings is 1. The summed E-state index contributed by atoms with van der Waals surface area (Å²) < 4.78 is 4.86. The lowest BCUT2D eigenvalue weighted by atomic mass is 10.3. The number of nitrogens with one attached hydrogen (secondary N) is 2. The van der Waals surface area contributed by atoms with Crippen LogP contribution in [0, 0.1) is 0 Å². The Balaban J connectivity index is 1.66. The number of hydrogen-bond donors (Lipinski definition) is 2. The van der Waals surface area contributed by atoms with Gasteiger partial charge in [-0.25, -0.2) is 9.78 Å². The van der Waals surface area contributed by atoms with E-state index >= 15 is 0 Å². The highest BCUT2D eigenvalue weighted by atomic mass is 32.2. The van der Waals surface area contributed by atoms with Crippen molar-refractivity contribution in [2.75, 3.05) is 11.9 Å². The Morgan fingerprint density at radius 3 is 2.85 bits per heavy atom. The first-order valence-electron chi connectivity index (χ1n) is 8.03. The molecule has 2 N–H and O–H groups in total. The van der Waals surface area contributed by atoms with Gasteiger partial charge in [0.1, 0.15) is 0 Å². The van der Waals surface area contributed by atoms with Crippen LogP contribution < -0.4 is 5.32 Å². The molecule has 3 aromatic rings. The molecule has 8 nitrogen and oxygen atoms in total. The molecule has 10 heteroatoms. The fraction of sp³-hybridized carbons (Fsp3) is 0.312. The molecule has 0 saturated carbocycles. The molecule has 1 atom stereocenters. The quantitative estimate of drug-likeness (QED) is 0.470. The van der Waals surface area contributed by atoms with E-state index in [4.69, 9.17) is 4.74 Å². The SMILES string of the molecule is CCOC(=O)c1nnc(NC(=O)C(CC)Sc2nc3ccccc3[nH]2)s1. The van der Waals surface area contributed by atoms with Crippen molar-refractivity contribution < 1.29 is 14.3 Å². The van der Waals surface area contributed by atoms with Gasteiger partial charge >= 0.3 is 5.97 Å². The van der Waals surface area contributed by atoms with E-state index in [1.165, 1.54) is 11.8 Å². The minimum atomic E-state index is -0.547. The fourth-order valence-electron chi connectivity index (χ4n) is 2.18. The summed E-state index contributed by atoms with van der Waals surface area (Å²) in [5, 5.41) is 11.0. The second-order valence-corrected chi connectivity index (χ2v) is 7.36. The first-order chi connectivity index (χ1) is 12.6. The predicted molar refractivity (Wildman–Crippen MR) is 101 cm³/mol. The van der Waals surface area contributed by atoms with Crippen molar-refractivity contribution in [2.45, 2.75) is 30.7 Å². The standard InChI is InChI=1S/C16H17N5O3S2/c1-3-11(25-15-17-9-7-5-6-8-10(9)18-15)12(22)19-16-21-20-13(26-16)14(23)24-4-2/h5-8,11H,3-4H2,1-2H3,(H,17,18)(H,19,21,22). The fourth-order valence-corrected chi connectivity index (χ4v) is 3.74. The second kappa shape index (κ2) is 8.28. The van der Waals surface area contributed by atoms with Crippen LogP contribution in [-0.2, 0) is 9.53 Å². The summed E-state index contributed by atoms with van der Waals surface area (Å²) in [6.07, 6.45) is 0.608. The van der Waals surface area contributed by atoms with Crippen LogP contribution in [-0.4, -0.2) is 43.9 Å². The maximum absolute atomic E-state index is 12.5. The van der Waals surface area contributed by atoms with Crippen LogP contribution in [0.15, 0.2) is 29.4 Å². The Morgan fingerprint density at radius 1 is 1.31 bits per heavy atom. The third-order valence-corrected chi connectivity index (χ3v) is 5.46. The van der Waals surface area contributed by atoms with Gasteiger partial charge in [-0.05, 0) is 25.5 Å². The Morgan fingerprint density at radius 2 is 2.12 bits per heavy atom. The van der Waals surface area contributed by atoms with Gasteiger partial charge in [-0.15, -0.1) is 10.2 Å². The normalized spacial score (nSPS) is 12.1. The number of carbonyl (C=O) groups excluding carboxylic acids is 2. The molecule has 3 rings (SSSR count). The highest BCUT2D eigenvalue weighted by Gasteiger charge is 2.22. The van der Waals surface area contributed by atoms with E-state index in [-0.39, 0.29) is 27.9 Å². The topological polar surface area (TPSA) is 110 Å². The number of nitrogens with zero attached hydrogens (tertiary/aromatic N) is 3. The lowest BCUT2D eigenvalue weighted by Gasteiger charge is -2.11. The summed E-state index contributed by atoms with van der Waals surface area (Å²) in [4.78, 5) is 31.8. The molecule has 1 amide bonds. The minimum absolute atomic E-state index is 0.111. The van der Waals surface area contributed by atoms with Gasteiger partial charge in [0.2, 0.25) is 16.0 Å². The summed E-state index contributed by atoms with van der Waals surface area (Å²) in [7, 11) is 0. The van der Waals surface area contributed by atoms with E-state index in [9.17, 15) is 9.59 Å². The molecule has 0 aliphatic heterocycles. The molecular weight excluding hydrogens is 374 g/mol. The van der Waals surface area contributed by atoms with Crippen molar-refractivity contribution in [2.24, 2.45) is 0 Å². The van der Waals surface area contributed by atoms with Crippen LogP contribution in [0.2, 0.25) is 0 Å². The van der Waals surface area contributed by atoms with E-state index < -0.39 is 5.97 Å². The number of thioether (sulfide) groups is 1. The second-order valence-electron chi connectivity index (χ2n) is 5.20. The number of carbonyl (C=O) groups is 2. The van der Waals surface area contributed by atoms with Crippen molar-refractivity contribution in [3.63, 3.8) is 0 Å². The molecule has 26 heavy (non-hydrogen) atoms. The van der Waals surface area contributed by atoms with E-state index in [2.05, 4.69) is 25.5 Å². The van der Waals surface area contributed by atoms with Gasteiger partial charge in [0.05, 0.1) is 22.9 Å². The maximum Gasteiger partial charge on any atom is 0.369 e. The molecule has 0 radical (unpaired) electrons. The van der Waals surface area contributed by atoms with Crippen LogP contribution in [0.25, 0.3) is 11.0 Å². The predicted octanol–water partition coefficient (Wildman–Crippen LogP) is 3.10. The Bertz CT molecular complexity index is 890. The lowest BCUT2D eigenvalue weighted by Crippen LogP contribution is -2.24. The van der Waals surface area contributed by atoms with Gasteiger partial charge < -0.3 is 9.72 Å². The number of aromatic amines is 1. The van der Waals surface area contributed by atoms with E-state index in [1.807, 2.05) is 31.2 Å². The summed E-state index contributed by atoms with van der Waals surface area (Å²) in [6, 6.07) is 7.69. The van der Waals surface area contributed by atoms with Crippen LogP contribution >= 0.6 is 23.1 Å². The van der Waals surface area contributed by atoms with Gasteiger partial charge in [0.15, 0.2) is 5.16 Å². The number of para-hydroxylation sites is 2. The Kier molecular flexibility index (Phi) is 5.84. The van der Waals surface area contributed by atoms with Crippen LogP contribution in [0.3, 0.4) is 0 Å². The van der Waals surface area contributed by atoms with Crippen molar-refractivity contribution in [3.05, 3.63) is 29.3 Å². The average Bonchev–Trinajstić information content (AvgIpc) is 3.26. The zero-order chi connectivity index (χ0) is 18.5. The number of imidazole rings is 1. The number of aromatic nitrogens is 4. The molecular formula is C16H17N5O3S2. The summed E-state index contributed by atoms with van der Waals surface area (Å²) in [5.41, 5.74) is 1.78. The van der Waals surface area contributed by atoms with Gasteiger partial charge in [-0.3, -0.25) is 10.1 Å². The average molecular weight is 391 g/mol. The van der Waals surface area contributed by atoms with E-state index in [0.717, 1.165) is 22.4 Å². The largest absolute Gasteiger partial charge is 0.461 e. The zero-order valence-electron chi connectivity index (χ0n) is 14.2. The third-order valence-electron chi connectivity index (χ3n) is 3.39. The van der Waals surface area contributed by atoms with Crippen molar-refractivity contribution in [1.82, 2.24) is 20.2 Å². The van der Waals surface area contributed by atoms with Crippen molar-refractivity contribution in [3.8, 4) is 0 Å². The molecule has 0 bridgehead atoms. The number of hydrogen-bond acceptors (Lipinski definition) is 8. The number of rotatable bonds is 7. The maximum atomic E-state index is 12.5.